The predicted octanol–water partition coefficient (Wildman–Crippen LogP) is 4.59. The molecule has 0 bridgehead atoms. The Bertz CT molecular complexity index is 1820. The van der Waals surface area contributed by atoms with Gasteiger partial charge in [0.1, 0.15) is 10.8 Å². The molecule has 0 unspecified atom stereocenters. The molecular weight excluding hydrogens is 624 g/mol. The molecule has 0 radical (unpaired) electrons. The maximum Gasteiger partial charge on any atom is 0.258 e. The Morgan fingerprint density at radius 2 is 1.62 bits per heavy atom. The van der Waals surface area contributed by atoms with Crippen molar-refractivity contribution < 1.29 is 23.9 Å². The number of hydrogen-bond acceptors (Lipinski definition) is 7. The minimum absolute atomic E-state index is 0.244. The lowest BCUT2D eigenvalue weighted by molar-refractivity contribution is -0.125. The van der Waals surface area contributed by atoms with Crippen LogP contribution in [0.1, 0.15) is 77.3 Å². The molecule has 4 aromatic rings. The van der Waals surface area contributed by atoms with Crippen LogP contribution in [0, 0.1) is 0 Å². The highest BCUT2D eigenvalue weighted by Crippen LogP contribution is 2.37. The van der Waals surface area contributed by atoms with Gasteiger partial charge in [0.2, 0.25) is 11.8 Å². The van der Waals surface area contributed by atoms with Crippen molar-refractivity contribution in [1.29, 1.82) is 0 Å². The molecule has 4 rings (SSSR count). The number of aromatic amines is 1. The molecule has 0 spiro atoms. The number of fused-ring (bicyclic) bond motifs is 1. The lowest BCUT2D eigenvalue weighted by atomic mass is 9.73. The van der Waals surface area contributed by atoms with Gasteiger partial charge in [-0.2, -0.15) is 0 Å². The van der Waals surface area contributed by atoms with Gasteiger partial charge in [-0.25, -0.2) is 4.52 Å². The molecule has 2 aromatic carbocycles. The van der Waals surface area contributed by atoms with Gasteiger partial charge in [0.25, 0.3) is 11.8 Å². The van der Waals surface area contributed by atoms with Crippen LogP contribution in [0.15, 0.2) is 48.5 Å². The Hall–Kier alpha value is -4.91. The molecule has 250 valence electrons. The third kappa shape index (κ3) is 7.91. The predicted molar refractivity (Wildman–Crippen MR) is 180 cm³/mol. The number of benzene rings is 2. The van der Waals surface area contributed by atoms with Crippen molar-refractivity contribution in [2.45, 2.75) is 71.8 Å². The van der Waals surface area contributed by atoms with Crippen LogP contribution in [0.4, 0.5) is 11.4 Å². The molecule has 2 heterocycles. The highest BCUT2D eigenvalue weighted by atomic mass is 35.5. The molecular formula is C33H41ClN8O5. The monoisotopic (exact) mass is 664 g/mol. The van der Waals surface area contributed by atoms with Crippen molar-refractivity contribution in [3.8, 4) is 5.75 Å². The lowest BCUT2D eigenvalue weighted by Gasteiger charge is -2.40. The molecule has 0 aliphatic heterocycles. The Labute approximate surface area is 278 Å². The fourth-order valence-electron chi connectivity index (χ4n) is 4.76. The number of ether oxygens (including phenoxy) is 1. The summed E-state index contributed by atoms with van der Waals surface area (Å²) >= 11 is 6.63. The van der Waals surface area contributed by atoms with Gasteiger partial charge in [-0.15, -0.1) is 10.2 Å². The summed E-state index contributed by atoms with van der Waals surface area (Å²) in [5, 5.41) is 23.5. The van der Waals surface area contributed by atoms with Crippen LogP contribution in [0.3, 0.4) is 0 Å². The van der Waals surface area contributed by atoms with E-state index in [9.17, 15) is 19.2 Å². The number of nitrogens with zero attached hydrogens (tertiary/aromatic N) is 3. The average Bonchev–Trinajstić information content (AvgIpc) is 3.55. The van der Waals surface area contributed by atoms with Crippen LogP contribution in [-0.4, -0.2) is 62.1 Å². The molecule has 14 heteroatoms. The fraction of sp³-hybridized carbons (Fsp3) is 0.394. The van der Waals surface area contributed by atoms with Crippen molar-refractivity contribution in [3.05, 3.63) is 70.6 Å². The second kappa shape index (κ2) is 13.4. The topological polar surface area (TPSA) is 172 Å². The molecule has 4 amide bonds. The van der Waals surface area contributed by atoms with Gasteiger partial charge in [-0.1, -0.05) is 64.4 Å². The standard InChI is InChI=1S/C33H41ClN8O5/c1-19(43)36-21-13-11-12-20(16-21)29(46)35-17-24(44)37-22-14-9-10-15-23(22)47-18-25(45)38-33(7,8)32(5,6)30-40-39-28-26(34)27(31(2,3)4)41-42(28)30/h9-16,41H,17-18H2,1-8H3,(H,35,46)(H,36,43)(H,37,44)(H,38,45). The summed E-state index contributed by atoms with van der Waals surface area (Å²) in [5.41, 5.74) is 0.647. The maximum atomic E-state index is 13.2. The van der Waals surface area contributed by atoms with Gasteiger partial charge in [-0.3, -0.25) is 24.3 Å². The van der Waals surface area contributed by atoms with Gasteiger partial charge in [0.15, 0.2) is 18.1 Å². The van der Waals surface area contributed by atoms with E-state index < -0.39 is 28.7 Å². The first-order valence-corrected chi connectivity index (χ1v) is 15.4. The van der Waals surface area contributed by atoms with Crippen LogP contribution in [0.2, 0.25) is 5.02 Å². The summed E-state index contributed by atoms with van der Waals surface area (Å²) in [6, 6.07) is 13.0. The highest BCUT2D eigenvalue weighted by Gasteiger charge is 2.44. The molecule has 0 saturated carbocycles. The zero-order valence-corrected chi connectivity index (χ0v) is 28.5. The number of carbonyl (C=O) groups excluding carboxylic acids is 4. The smallest absolute Gasteiger partial charge is 0.258 e. The zero-order chi connectivity index (χ0) is 34.7. The van der Waals surface area contributed by atoms with Crippen molar-refractivity contribution in [2.75, 3.05) is 23.8 Å². The zero-order valence-electron chi connectivity index (χ0n) is 27.8. The van der Waals surface area contributed by atoms with Gasteiger partial charge in [0, 0.05) is 34.5 Å². The molecule has 0 atom stereocenters. The van der Waals surface area contributed by atoms with Crippen LogP contribution < -0.4 is 26.0 Å². The summed E-state index contributed by atoms with van der Waals surface area (Å²) in [6.45, 7) is 14.6. The van der Waals surface area contributed by atoms with E-state index >= 15 is 0 Å². The molecule has 0 saturated heterocycles. The van der Waals surface area contributed by atoms with E-state index in [4.69, 9.17) is 16.3 Å². The van der Waals surface area contributed by atoms with Crippen molar-refractivity contribution in [1.82, 2.24) is 30.4 Å². The summed E-state index contributed by atoms with van der Waals surface area (Å²) < 4.78 is 7.57. The first-order chi connectivity index (χ1) is 21.9. The van der Waals surface area contributed by atoms with Crippen molar-refractivity contribution >= 4 is 52.3 Å². The number of aromatic nitrogens is 4. The third-order valence-corrected chi connectivity index (χ3v) is 8.36. The van der Waals surface area contributed by atoms with Gasteiger partial charge >= 0.3 is 0 Å². The number of nitrogens with one attached hydrogen (secondary N) is 5. The van der Waals surface area contributed by atoms with E-state index in [1.165, 1.54) is 13.0 Å². The van der Waals surface area contributed by atoms with Gasteiger partial charge < -0.3 is 26.0 Å². The van der Waals surface area contributed by atoms with Crippen molar-refractivity contribution in [3.63, 3.8) is 0 Å². The number of para-hydroxylation sites is 2. The average molecular weight is 665 g/mol. The summed E-state index contributed by atoms with van der Waals surface area (Å²) in [5.74, 6) is -0.774. The molecule has 13 nitrogen and oxygen atoms in total. The normalized spacial score (nSPS) is 12.0. The number of anilines is 2. The Morgan fingerprint density at radius 1 is 0.915 bits per heavy atom. The first kappa shape index (κ1) is 35.0. The molecule has 47 heavy (non-hydrogen) atoms. The Kier molecular flexibility index (Phi) is 10.00. The quantitative estimate of drug-likeness (QED) is 0.156. The summed E-state index contributed by atoms with van der Waals surface area (Å²) in [6.07, 6.45) is 0. The van der Waals surface area contributed by atoms with E-state index in [2.05, 4.69) is 36.6 Å². The molecule has 2 aromatic heterocycles. The summed E-state index contributed by atoms with van der Waals surface area (Å²) in [7, 11) is 0. The summed E-state index contributed by atoms with van der Waals surface area (Å²) in [4.78, 5) is 49.7. The van der Waals surface area contributed by atoms with E-state index in [-0.39, 0.29) is 35.8 Å². The highest BCUT2D eigenvalue weighted by molar-refractivity contribution is 6.34. The lowest BCUT2D eigenvalue weighted by Crippen LogP contribution is -2.57. The number of rotatable bonds is 11. The second-order valence-electron chi connectivity index (χ2n) is 13.3. The van der Waals surface area contributed by atoms with E-state index in [0.29, 0.717) is 27.9 Å². The fourth-order valence-corrected chi connectivity index (χ4v) is 5.21. The maximum absolute atomic E-state index is 13.2. The van der Waals surface area contributed by atoms with Crippen LogP contribution in [0.5, 0.6) is 5.75 Å². The number of halogens is 1. The van der Waals surface area contributed by atoms with E-state index in [1.807, 2.05) is 48.5 Å². The SMILES string of the molecule is CC(=O)Nc1cccc(C(=O)NCC(=O)Nc2ccccc2OCC(=O)NC(C)(C)C(C)(C)c2nnc3c(Cl)c(C(C)(C)C)[nH]n23)c1. The first-order valence-electron chi connectivity index (χ1n) is 15.0. The number of hydrogen-bond donors (Lipinski definition) is 5. The minimum atomic E-state index is -0.816. The molecule has 5 N–H and O–H groups in total. The van der Waals surface area contributed by atoms with Crippen LogP contribution in [0.25, 0.3) is 5.65 Å². The van der Waals surface area contributed by atoms with Crippen molar-refractivity contribution in [2.24, 2.45) is 0 Å². The molecule has 0 aliphatic rings. The Balaban J connectivity index is 1.36. The van der Waals surface area contributed by atoms with Crippen LogP contribution >= 0.6 is 11.6 Å². The third-order valence-electron chi connectivity index (χ3n) is 8.00. The molecule has 0 aliphatic carbocycles. The van der Waals surface area contributed by atoms with E-state index in [0.717, 1.165) is 5.69 Å². The van der Waals surface area contributed by atoms with E-state index in [1.54, 1.807) is 47.0 Å². The minimum Gasteiger partial charge on any atom is -0.482 e. The van der Waals surface area contributed by atoms with Gasteiger partial charge in [0.05, 0.1) is 17.9 Å². The van der Waals surface area contributed by atoms with Gasteiger partial charge in [-0.05, 0) is 44.2 Å². The largest absolute Gasteiger partial charge is 0.482 e. The van der Waals surface area contributed by atoms with Crippen LogP contribution in [-0.2, 0) is 25.2 Å². The number of H-pyrrole nitrogens is 1. The molecule has 0 fully saturated rings. The Morgan fingerprint density at radius 3 is 2.30 bits per heavy atom. The number of amides is 4. The second-order valence-corrected chi connectivity index (χ2v) is 13.7. The number of carbonyl (C=O) groups is 4.